The number of carbonyl (C=O) groups excluding carboxylic acids is 2. The summed E-state index contributed by atoms with van der Waals surface area (Å²) in [5, 5.41) is 11.0. The molecule has 1 atom stereocenters. The summed E-state index contributed by atoms with van der Waals surface area (Å²) in [5.41, 5.74) is 2.51. The Morgan fingerprint density at radius 2 is 1.77 bits per heavy atom. The molecule has 0 radical (unpaired) electrons. The van der Waals surface area contributed by atoms with E-state index in [1.807, 2.05) is 60.2 Å². The number of aliphatic hydroxyl groups excluding tert-OH is 1. The summed E-state index contributed by atoms with van der Waals surface area (Å²) in [5.74, 6) is -1.37. The molecule has 1 aliphatic heterocycles. The molecule has 2 aromatic carbocycles. The van der Waals surface area contributed by atoms with Crippen molar-refractivity contribution in [3.05, 3.63) is 95.6 Å². The lowest BCUT2D eigenvalue weighted by Gasteiger charge is -2.25. The average Bonchev–Trinajstić information content (AvgIpc) is 3.37. The molecule has 152 valence electrons. The van der Waals surface area contributed by atoms with Crippen molar-refractivity contribution in [2.24, 2.45) is 0 Å². The third-order valence-corrected chi connectivity index (χ3v) is 5.35. The number of likely N-dealkylation sites (tertiary alicyclic amines) is 1. The third-order valence-electron chi connectivity index (χ3n) is 5.35. The summed E-state index contributed by atoms with van der Waals surface area (Å²) in [4.78, 5) is 31.4. The smallest absolute Gasteiger partial charge is 0.295 e. The van der Waals surface area contributed by atoms with Crippen LogP contribution in [0.25, 0.3) is 5.76 Å². The van der Waals surface area contributed by atoms with Crippen LogP contribution in [0.5, 0.6) is 0 Å². The summed E-state index contributed by atoms with van der Waals surface area (Å²) >= 11 is 0. The molecule has 1 aromatic heterocycles. The van der Waals surface area contributed by atoms with E-state index in [-0.39, 0.29) is 11.3 Å². The molecule has 0 aliphatic carbocycles. The van der Waals surface area contributed by atoms with Crippen molar-refractivity contribution in [1.82, 2.24) is 14.5 Å². The number of aryl methyl sites for hydroxylation is 2. The van der Waals surface area contributed by atoms with Gasteiger partial charge in [-0.3, -0.25) is 9.59 Å². The fraction of sp³-hybridized carbons (Fsp3) is 0.208. The monoisotopic (exact) mass is 401 g/mol. The number of amides is 1. The lowest BCUT2D eigenvalue weighted by atomic mass is 9.95. The van der Waals surface area contributed by atoms with Gasteiger partial charge < -0.3 is 14.6 Å². The SMILES string of the molecule is Cc1ccc(/C(O)=C2\C(=O)C(=O)N(CCCn3ccnc3)C2c2ccccc2)cc1. The first kappa shape index (κ1) is 19.6. The maximum Gasteiger partial charge on any atom is 0.295 e. The normalized spacial score (nSPS) is 18.2. The van der Waals surface area contributed by atoms with E-state index in [4.69, 9.17) is 0 Å². The standard InChI is InChI=1S/C24H23N3O3/c1-17-8-10-19(11-9-17)22(28)20-21(18-6-3-2-4-7-18)27(24(30)23(20)29)14-5-13-26-15-12-25-16-26/h2-4,6-12,15-16,21,28H,5,13-14H2,1H3/b22-20+. The van der Waals surface area contributed by atoms with Gasteiger partial charge in [-0.25, -0.2) is 4.98 Å². The van der Waals surface area contributed by atoms with Crippen LogP contribution >= 0.6 is 0 Å². The van der Waals surface area contributed by atoms with E-state index in [0.717, 1.165) is 11.1 Å². The fourth-order valence-corrected chi connectivity index (χ4v) is 3.80. The topological polar surface area (TPSA) is 75.4 Å². The van der Waals surface area contributed by atoms with Crippen molar-refractivity contribution in [3.63, 3.8) is 0 Å². The Hall–Kier alpha value is -3.67. The zero-order valence-electron chi connectivity index (χ0n) is 16.7. The van der Waals surface area contributed by atoms with E-state index in [1.54, 1.807) is 29.6 Å². The zero-order valence-corrected chi connectivity index (χ0v) is 16.7. The van der Waals surface area contributed by atoms with Crippen LogP contribution in [0.1, 0.15) is 29.2 Å². The van der Waals surface area contributed by atoms with E-state index < -0.39 is 17.7 Å². The first-order valence-corrected chi connectivity index (χ1v) is 9.92. The summed E-state index contributed by atoms with van der Waals surface area (Å²) in [6, 6.07) is 16.0. The van der Waals surface area contributed by atoms with Gasteiger partial charge in [0.25, 0.3) is 11.7 Å². The number of hydrogen-bond donors (Lipinski definition) is 1. The van der Waals surface area contributed by atoms with Crippen molar-refractivity contribution >= 4 is 17.4 Å². The van der Waals surface area contributed by atoms with Crippen molar-refractivity contribution < 1.29 is 14.7 Å². The average molecular weight is 401 g/mol. The fourth-order valence-electron chi connectivity index (χ4n) is 3.80. The largest absolute Gasteiger partial charge is 0.507 e. The number of imidazole rings is 1. The number of hydrogen-bond acceptors (Lipinski definition) is 4. The van der Waals surface area contributed by atoms with Gasteiger partial charge >= 0.3 is 0 Å². The quantitative estimate of drug-likeness (QED) is 0.388. The van der Waals surface area contributed by atoms with E-state index >= 15 is 0 Å². The molecule has 6 nitrogen and oxygen atoms in total. The van der Waals surface area contributed by atoms with Crippen molar-refractivity contribution in [3.8, 4) is 0 Å². The zero-order chi connectivity index (χ0) is 21.1. The molecule has 0 bridgehead atoms. The molecule has 1 unspecified atom stereocenters. The molecule has 0 saturated carbocycles. The molecular formula is C24H23N3O3. The maximum absolute atomic E-state index is 12.9. The highest BCUT2D eigenvalue weighted by Gasteiger charge is 2.45. The second-order valence-corrected chi connectivity index (χ2v) is 7.42. The van der Waals surface area contributed by atoms with Gasteiger partial charge in [-0.15, -0.1) is 0 Å². The first-order valence-electron chi connectivity index (χ1n) is 9.92. The summed E-state index contributed by atoms with van der Waals surface area (Å²) in [7, 11) is 0. The van der Waals surface area contributed by atoms with E-state index in [0.29, 0.717) is 25.1 Å². The van der Waals surface area contributed by atoms with E-state index in [1.165, 1.54) is 0 Å². The number of nitrogens with zero attached hydrogens (tertiary/aromatic N) is 3. The van der Waals surface area contributed by atoms with Gasteiger partial charge in [-0.05, 0) is 18.9 Å². The Morgan fingerprint density at radius 3 is 2.43 bits per heavy atom. The Morgan fingerprint density at radius 1 is 1.03 bits per heavy atom. The second kappa shape index (κ2) is 8.37. The number of ketones is 1. The van der Waals surface area contributed by atoms with Crippen LogP contribution in [0.4, 0.5) is 0 Å². The van der Waals surface area contributed by atoms with Crippen LogP contribution in [0.3, 0.4) is 0 Å². The lowest BCUT2D eigenvalue weighted by Crippen LogP contribution is -2.31. The number of carbonyl (C=O) groups is 2. The molecule has 1 aliphatic rings. The molecule has 3 aromatic rings. The number of Topliss-reactive ketones (excluding diaryl/α,β-unsaturated/α-hetero) is 1. The van der Waals surface area contributed by atoms with Crippen molar-refractivity contribution in [2.75, 3.05) is 6.54 Å². The predicted molar refractivity (Wildman–Crippen MR) is 113 cm³/mol. The maximum atomic E-state index is 12.9. The molecule has 30 heavy (non-hydrogen) atoms. The van der Waals surface area contributed by atoms with Crippen LogP contribution < -0.4 is 0 Å². The number of benzene rings is 2. The molecular weight excluding hydrogens is 378 g/mol. The van der Waals surface area contributed by atoms with Gasteiger partial charge in [-0.2, -0.15) is 0 Å². The summed E-state index contributed by atoms with van der Waals surface area (Å²) < 4.78 is 1.93. The van der Waals surface area contributed by atoms with Crippen molar-refractivity contribution in [2.45, 2.75) is 25.9 Å². The van der Waals surface area contributed by atoms with Gasteiger partial charge in [0, 0.05) is 31.0 Å². The molecule has 1 N–H and O–H groups in total. The molecule has 0 spiro atoms. The molecule has 1 saturated heterocycles. The van der Waals surface area contributed by atoms with Crippen LogP contribution in [0.2, 0.25) is 0 Å². The minimum atomic E-state index is -0.649. The highest BCUT2D eigenvalue weighted by Crippen LogP contribution is 2.39. The van der Waals surface area contributed by atoms with Gasteiger partial charge in [0.05, 0.1) is 17.9 Å². The van der Waals surface area contributed by atoms with Crippen molar-refractivity contribution in [1.29, 1.82) is 0 Å². The summed E-state index contributed by atoms with van der Waals surface area (Å²) in [6.45, 7) is 3.03. The Labute approximate surface area is 175 Å². The first-order chi connectivity index (χ1) is 14.6. The predicted octanol–water partition coefficient (Wildman–Crippen LogP) is 3.70. The molecule has 1 amide bonds. The van der Waals surface area contributed by atoms with Crippen LogP contribution in [-0.2, 0) is 16.1 Å². The van der Waals surface area contributed by atoms with Crippen LogP contribution in [0, 0.1) is 6.92 Å². The number of rotatable bonds is 6. The Balaban J connectivity index is 1.71. The highest BCUT2D eigenvalue weighted by atomic mass is 16.3. The van der Waals surface area contributed by atoms with Crippen LogP contribution in [0.15, 0.2) is 78.9 Å². The molecule has 4 rings (SSSR count). The lowest BCUT2D eigenvalue weighted by molar-refractivity contribution is -0.139. The highest BCUT2D eigenvalue weighted by molar-refractivity contribution is 6.46. The number of aliphatic hydroxyl groups is 1. The Bertz CT molecular complexity index is 1070. The minimum absolute atomic E-state index is 0.137. The minimum Gasteiger partial charge on any atom is -0.507 e. The summed E-state index contributed by atoms with van der Waals surface area (Å²) in [6.07, 6.45) is 5.95. The van der Waals surface area contributed by atoms with Gasteiger partial charge in [-0.1, -0.05) is 60.2 Å². The third kappa shape index (κ3) is 3.76. The van der Waals surface area contributed by atoms with Gasteiger partial charge in [0.1, 0.15) is 5.76 Å². The van der Waals surface area contributed by atoms with Gasteiger partial charge in [0.2, 0.25) is 0 Å². The van der Waals surface area contributed by atoms with E-state index in [2.05, 4.69) is 4.98 Å². The Kier molecular flexibility index (Phi) is 5.48. The molecule has 1 fully saturated rings. The second-order valence-electron chi connectivity index (χ2n) is 7.42. The number of aromatic nitrogens is 2. The van der Waals surface area contributed by atoms with E-state index in [9.17, 15) is 14.7 Å². The van der Waals surface area contributed by atoms with Gasteiger partial charge in [0.15, 0.2) is 0 Å². The van der Waals surface area contributed by atoms with Crippen LogP contribution in [-0.4, -0.2) is 37.8 Å². The molecule has 2 heterocycles. The molecule has 6 heteroatoms.